The fraction of sp³-hybridized carbons (Fsp3) is 0. The molecule has 0 unspecified atom stereocenters. The molecule has 3 amide bonds. The Balaban J connectivity index is 1.49. The Morgan fingerprint density at radius 1 is 0.848 bits per heavy atom. The molecule has 6 nitrogen and oxygen atoms in total. The Hall–Kier alpha value is -3.39. The number of benzene rings is 3. The molecule has 1 aliphatic heterocycles. The van der Waals surface area contributed by atoms with E-state index in [-0.39, 0.29) is 21.4 Å². The van der Waals surface area contributed by atoms with E-state index in [4.69, 9.17) is 34.8 Å². The van der Waals surface area contributed by atoms with Gasteiger partial charge in [0.1, 0.15) is 16.5 Å². The number of nitrogens with zero attached hydrogens (tertiary/aromatic N) is 1. The lowest BCUT2D eigenvalue weighted by atomic mass is 10.2. The largest absolute Gasteiger partial charge is 0.350 e. The third kappa shape index (κ3) is 4.57. The normalized spacial score (nSPS) is 13.5. The van der Waals surface area contributed by atoms with Crippen molar-refractivity contribution in [2.75, 3.05) is 15.5 Å². The van der Waals surface area contributed by atoms with E-state index < -0.39 is 23.5 Å². The minimum absolute atomic E-state index is 0.131. The van der Waals surface area contributed by atoms with Crippen LogP contribution in [-0.2, 0) is 9.59 Å². The monoisotopic (exact) mass is 503 g/mol. The number of carbonyl (C=O) groups is 3. The highest BCUT2D eigenvalue weighted by molar-refractivity contribution is 6.53. The lowest BCUT2D eigenvalue weighted by molar-refractivity contribution is -0.120. The number of halogens is 4. The van der Waals surface area contributed by atoms with Crippen molar-refractivity contribution in [2.45, 2.75) is 0 Å². The van der Waals surface area contributed by atoms with Gasteiger partial charge in [0.15, 0.2) is 0 Å². The molecule has 0 fully saturated rings. The van der Waals surface area contributed by atoms with Gasteiger partial charge in [-0.3, -0.25) is 14.4 Å². The van der Waals surface area contributed by atoms with Crippen LogP contribution in [0.25, 0.3) is 0 Å². The molecule has 3 aromatic rings. The Morgan fingerprint density at radius 3 is 2.18 bits per heavy atom. The summed E-state index contributed by atoms with van der Waals surface area (Å²) in [4.78, 5) is 38.6. The van der Waals surface area contributed by atoms with Gasteiger partial charge in [0.25, 0.3) is 17.7 Å². The number of hydrogen-bond donors (Lipinski definition) is 2. The summed E-state index contributed by atoms with van der Waals surface area (Å²) < 4.78 is 13.2. The summed E-state index contributed by atoms with van der Waals surface area (Å²) in [6, 6.07) is 15.9. The van der Waals surface area contributed by atoms with Crippen LogP contribution in [-0.4, -0.2) is 17.7 Å². The topological polar surface area (TPSA) is 78.5 Å². The zero-order valence-electron chi connectivity index (χ0n) is 16.5. The molecule has 0 spiro atoms. The Labute approximate surface area is 202 Å². The van der Waals surface area contributed by atoms with E-state index in [1.807, 2.05) is 0 Å². The molecule has 3 aromatic carbocycles. The van der Waals surface area contributed by atoms with Gasteiger partial charge in [0.05, 0.1) is 21.4 Å². The number of imide groups is 1. The second-order valence-electron chi connectivity index (χ2n) is 6.87. The minimum Gasteiger partial charge on any atom is -0.350 e. The molecule has 166 valence electrons. The number of rotatable bonds is 5. The van der Waals surface area contributed by atoms with Crippen molar-refractivity contribution < 1.29 is 18.8 Å². The number of carbonyl (C=O) groups excluding carboxylic acids is 3. The maximum atomic E-state index is 13.2. The van der Waals surface area contributed by atoms with Gasteiger partial charge in [-0.2, -0.15) is 0 Å². The van der Waals surface area contributed by atoms with E-state index in [1.54, 1.807) is 30.3 Å². The highest BCUT2D eigenvalue weighted by Gasteiger charge is 2.38. The van der Waals surface area contributed by atoms with Crippen LogP contribution >= 0.6 is 34.8 Å². The van der Waals surface area contributed by atoms with Crippen LogP contribution < -0.4 is 15.5 Å². The van der Waals surface area contributed by atoms with Gasteiger partial charge in [0.2, 0.25) is 0 Å². The summed E-state index contributed by atoms with van der Waals surface area (Å²) in [6.07, 6.45) is 0. The first-order valence-electron chi connectivity index (χ1n) is 9.43. The van der Waals surface area contributed by atoms with Crippen LogP contribution in [0.2, 0.25) is 10.0 Å². The van der Waals surface area contributed by atoms with E-state index in [0.717, 1.165) is 17.0 Å². The highest BCUT2D eigenvalue weighted by atomic mass is 35.5. The van der Waals surface area contributed by atoms with Crippen molar-refractivity contribution in [3.63, 3.8) is 0 Å². The van der Waals surface area contributed by atoms with Crippen LogP contribution in [0.4, 0.5) is 21.5 Å². The van der Waals surface area contributed by atoms with Crippen molar-refractivity contribution in [1.29, 1.82) is 0 Å². The van der Waals surface area contributed by atoms with Gasteiger partial charge < -0.3 is 10.6 Å². The van der Waals surface area contributed by atoms with Crippen LogP contribution in [0, 0.1) is 5.82 Å². The van der Waals surface area contributed by atoms with Gasteiger partial charge in [-0.1, -0.05) is 40.9 Å². The van der Waals surface area contributed by atoms with Gasteiger partial charge in [-0.25, -0.2) is 9.29 Å². The molecular weight excluding hydrogens is 492 g/mol. The molecule has 4 rings (SSSR count). The number of amides is 3. The third-order valence-corrected chi connectivity index (χ3v) is 5.90. The van der Waals surface area contributed by atoms with Gasteiger partial charge in [-0.15, -0.1) is 0 Å². The molecule has 0 saturated heterocycles. The van der Waals surface area contributed by atoms with Crippen LogP contribution in [0.3, 0.4) is 0 Å². The third-order valence-electron chi connectivity index (χ3n) is 4.73. The molecule has 1 heterocycles. The molecule has 0 atom stereocenters. The minimum atomic E-state index is -0.731. The van der Waals surface area contributed by atoms with Crippen molar-refractivity contribution in [3.05, 3.63) is 98.9 Å². The Bertz CT molecular complexity index is 1310. The lowest BCUT2D eigenvalue weighted by Crippen LogP contribution is -2.32. The molecule has 2 N–H and O–H groups in total. The van der Waals surface area contributed by atoms with E-state index in [9.17, 15) is 18.8 Å². The quantitative estimate of drug-likeness (QED) is 0.429. The predicted octanol–water partition coefficient (Wildman–Crippen LogP) is 5.82. The first-order chi connectivity index (χ1) is 15.8. The summed E-state index contributed by atoms with van der Waals surface area (Å²) in [7, 11) is 0. The SMILES string of the molecule is O=C(Nc1cccc(Cl)c1Cl)c1ccc(NC2=C(Cl)C(=O)N(c3ccc(F)cc3)C2=O)cc1. The first-order valence-corrected chi connectivity index (χ1v) is 10.6. The number of hydrogen-bond acceptors (Lipinski definition) is 4. The number of nitrogens with one attached hydrogen (secondary N) is 2. The smallest absolute Gasteiger partial charge is 0.283 e. The average molecular weight is 505 g/mol. The molecule has 0 bridgehead atoms. The second kappa shape index (κ2) is 9.23. The zero-order chi connectivity index (χ0) is 23.7. The van der Waals surface area contributed by atoms with E-state index in [0.29, 0.717) is 22.0 Å². The molecule has 0 radical (unpaired) electrons. The summed E-state index contributed by atoms with van der Waals surface area (Å²) in [5.41, 5.74) is 1.16. The van der Waals surface area contributed by atoms with Gasteiger partial charge in [-0.05, 0) is 60.7 Å². The summed E-state index contributed by atoms with van der Waals surface area (Å²) in [5, 5.41) is 5.71. The lowest BCUT2D eigenvalue weighted by Gasteiger charge is -2.15. The van der Waals surface area contributed by atoms with Crippen molar-refractivity contribution >= 4 is 69.6 Å². The molecule has 0 saturated carbocycles. The molecular formula is C23H13Cl3FN3O3. The van der Waals surface area contributed by atoms with Crippen molar-refractivity contribution in [1.82, 2.24) is 0 Å². The predicted molar refractivity (Wildman–Crippen MR) is 126 cm³/mol. The van der Waals surface area contributed by atoms with Crippen molar-refractivity contribution in [2.24, 2.45) is 0 Å². The Kier molecular flexibility index (Phi) is 6.37. The second-order valence-corrected chi connectivity index (χ2v) is 8.03. The zero-order valence-corrected chi connectivity index (χ0v) is 18.8. The van der Waals surface area contributed by atoms with E-state index in [2.05, 4.69) is 10.6 Å². The first kappa shape index (κ1) is 22.8. The maximum Gasteiger partial charge on any atom is 0.283 e. The van der Waals surface area contributed by atoms with E-state index in [1.165, 1.54) is 24.3 Å². The molecule has 0 aromatic heterocycles. The summed E-state index contributed by atoms with van der Waals surface area (Å²) >= 11 is 18.1. The highest BCUT2D eigenvalue weighted by Crippen LogP contribution is 2.31. The van der Waals surface area contributed by atoms with Crippen molar-refractivity contribution in [3.8, 4) is 0 Å². The summed E-state index contributed by atoms with van der Waals surface area (Å²) in [5.74, 6) is -2.34. The number of anilines is 3. The van der Waals surface area contributed by atoms with Crippen LogP contribution in [0.15, 0.2) is 77.5 Å². The summed E-state index contributed by atoms with van der Waals surface area (Å²) in [6.45, 7) is 0. The fourth-order valence-corrected chi connectivity index (χ4v) is 3.64. The maximum absolute atomic E-state index is 13.2. The molecule has 10 heteroatoms. The fourth-order valence-electron chi connectivity index (χ4n) is 3.08. The van der Waals surface area contributed by atoms with Crippen LogP contribution in [0.1, 0.15) is 10.4 Å². The molecule has 33 heavy (non-hydrogen) atoms. The average Bonchev–Trinajstić information content (AvgIpc) is 3.01. The van der Waals surface area contributed by atoms with Gasteiger partial charge in [0, 0.05) is 11.3 Å². The van der Waals surface area contributed by atoms with Gasteiger partial charge >= 0.3 is 0 Å². The van der Waals surface area contributed by atoms with E-state index >= 15 is 0 Å². The standard InChI is InChI=1S/C23H13Cl3FN3O3/c24-16-2-1-3-17(18(16)25)29-21(31)12-4-8-14(9-5-12)28-20-19(26)22(32)30(23(20)33)15-10-6-13(27)7-11-15/h1-11,28H,(H,29,31). The van der Waals surface area contributed by atoms with Crippen LogP contribution in [0.5, 0.6) is 0 Å². The Morgan fingerprint density at radius 2 is 1.52 bits per heavy atom. The molecule has 1 aliphatic rings. The molecule has 0 aliphatic carbocycles.